The van der Waals surface area contributed by atoms with E-state index >= 15 is 0 Å². The van der Waals surface area contributed by atoms with Gasteiger partial charge in [-0.15, -0.1) is 0 Å². The molecular weight excluding hydrogens is 208 g/mol. The van der Waals surface area contributed by atoms with Crippen LogP contribution in [0.1, 0.15) is 18.4 Å². The number of hydrogen-bond acceptors (Lipinski definition) is 1. The highest BCUT2D eigenvalue weighted by atomic mass is 14.9. The molecule has 17 heavy (non-hydrogen) atoms. The van der Waals surface area contributed by atoms with Crippen LogP contribution < -0.4 is 5.32 Å². The Bertz CT molecular complexity index is 563. The summed E-state index contributed by atoms with van der Waals surface area (Å²) in [5.74, 6) is 0. The van der Waals surface area contributed by atoms with Gasteiger partial charge in [0.1, 0.15) is 0 Å². The molecule has 2 heterocycles. The molecule has 1 aliphatic heterocycles. The second-order valence-electron chi connectivity index (χ2n) is 4.69. The number of para-hydroxylation sites is 1. The Morgan fingerprint density at radius 1 is 1.18 bits per heavy atom. The summed E-state index contributed by atoms with van der Waals surface area (Å²) < 4.78 is 2.23. The van der Waals surface area contributed by atoms with Gasteiger partial charge in [-0.3, -0.25) is 0 Å². The van der Waals surface area contributed by atoms with Crippen molar-refractivity contribution in [3.63, 3.8) is 0 Å². The highest BCUT2D eigenvalue weighted by molar-refractivity contribution is 5.93. The van der Waals surface area contributed by atoms with Crippen LogP contribution in [0.4, 0.5) is 0 Å². The summed E-state index contributed by atoms with van der Waals surface area (Å²) in [5, 5.41) is 4.82. The number of nitrogens with one attached hydrogen (secondary N) is 1. The summed E-state index contributed by atoms with van der Waals surface area (Å²) in [6, 6.07) is 8.65. The van der Waals surface area contributed by atoms with Gasteiger partial charge in [-0.05, 0) is 37.6 Å². The van der Waals surface area contributed by atoms with E-state index in [2.05, 4.69) is 53.5 Å². The Kier molecular flexibility index (Phi) is 2.73. The first-order valence-corrected chi connectivity index (χ1v) is 6.30. The van der Waals surface area contributed by atoms with Gasteiger partial charge in [0.2, 0.25) is 0 Å². The zero-order chi connectivity index (χ0) is 11.7. The van der Waals surface area contributed by atoms with Crippen LogP contribution in [-0.4, -0.2) is 17.7 Å². The molecule has 0 bridgehead atoms. The van der Waals surface area contributed by atoms with Gasteiger partial charge in [0.25, 0.3) is 0 Å². The van der Waals surface area contributed by atoms with Gasteiger partial charge in [0.05, 0.1) is 0 Å². The predicted molar refractivity (Wildman–Crippen MR) is 73.0 cm³/mol. The molecule has 0 unspecified atom stereocenters. The van der Waals surface area contributed by atoms with E-state index in [9.17, 15) is 0 Å². The Balaban J connectivity index is 2.13. The average Bonchev–Trinajstić information content (AvgIpc) is 2.57. The smallest absolute Gasteiger partial charge is 0.0484 e. The number of nitrogens with zero attached hydrogens (tertiary/aromatic N) is 1. The first-order chi connectivity index (χ1) is 8.36. The fourth-order valence-electron chi connectivity index (χ4n) is 2.64. The maximum Gasteiger partial charge on any atom is 0.0484 e. The van der Waals surface area contributed by atoms with Crippen molar-refractivity contribution >= 4 is 16.5 Å². The molecule has 0 aliphatic carbocycles. The minimum absolute atomic E-state index is 1.09. The maximum atomic E-state index is 3.44. The number of hydrogen-bond donors (Lipinski definition) is 1. The van der Waals surface area contributed by atoms with Crippen molar-refractivity contribution < 1.29 is 0 Å². The van der Waals surface area contributed by atoms with E-state index in [-0.39, 0.29) is 0 Å². The molecule has 0 saturated heterocycles. The molecule has 1 aromatic carbocycles. The Hall–Kier alpha value is -1.54. The van der Waals surface area contributed by atoms with E-state index in [1.54, 1.807) is 0 Å². The molecule has 88 valence electrons. The van der Waals surface area contributed by atoms with Crippen molar-refractivity contribution in [3.05, 3.63) is 42.1 Å². The maximum absolute atomic E-state index is 3.44. The van der Waals surface area contributed by atoms with Crippen LogP contribution in [0, 0.1) is 0 Å². The van der Waals surface area contributed by atoms with Gasteiger partial charge < -0.3 is 9.88 Å². The molecule has 2 aromatic rings. The van der Waals surface area contributed by atoms with Crippen LogP contribution >= 0.6 is 0 Å². The van der Waals surface area contributed by atoms with Crippen molar-refractivity contribution in [2.75, 3.05) is 13.1 Å². The number of benzene rings is 1. The second-order valence-corrected chi connectivity index (χ2v) is 4.69. The van der Waals surface area contributed by atoms with Gasteiger partial charge >= 0.3 is 0 Å². The number of aryl methyl sites for hydroxylation is 1. The molecule has 0 atom stereocenters. The average molecular weight is 226 g/mol. The normalized spacial score (nSPS) is 16.9. The fourth-order valence-corrected chi connectivity index (χ4v) is 2.64. The largest absolute Gasteiger partial charge is 0.350 e. The quantitative estimate of drug-likeness (QED) is 0.791. The van der Waals surface area contributed by atoms with Crippen molar-refractivity contribution in [1.29, 1.82) is 0 Å². The highest BCUT2D eigenvalue weighted by Crippen LogP contribution is 2.29. The van der Waals surface area contributed by atoms with Gasteiger partial charge in [-0.25, -0.2) is 0 Å². The van der Waals surface area contributed by atoms with Crippen LogP contribution in [0.15, 0.2) is 36.5 Å². The topological polar surface area (TPSA) is 17.0 Å². The molecule has 2 heteroatoms. The number of rotatable bonds is 1. The highest BCUT2D eigenvalue weighted by Gasteiger charge is 2.11. The molecular formula is C15H18N2. The van der Waals surface area contributed by atoms with Crippen LogP contribution in [0.25, 0.3) is 16.5 Å². The lowest BCUT2D eigenvalue weighted by molar-refractivity contribution is 0.718. The van der Waals surface area contributed by atoms with Crippen molar-refractivity contribution in [2.24, 2.45) is 7.05 Å². The molecule has 1 N–H and O–H groups in total. The fraction of sp³-hybridized carbons (Fsp3) is 0.333. The third-order valence-corrected chi connectivity index (χ3v) is 3.53. The summed E-state index contributed by atoms with van der Waals surface area (Å²) in [7, 11) is 2.13. The molecule has 0 fully saturated rings. The van der Waals surface area contributed by atoms with Crippen molar-refractivity contribution in [2.45, 2.75) is 12.8 Å². The zero-order valence-corrected chi connectivity index (χ0v) is 10.2. The van der Waals surface area contributed by atoms with Gasteiger partial charge in [0, 0.05) is 29.7 Å². The van der Waals surface area contributed by atoms with E-state index in [1.807, 2.05) is 0 Å². The first kappa shape index (κ1) is 10.6. The van der Waals surface area contributed by atoms with Crippen LogP contribution in [0.2, 0.25) is 0 Å². The first-order valence-electron chi connectivity index (χ1n) is 6.30. The van der Waals surface area contributed by atoms with Crippen molar-refractivity contribution in [3.8, 4) is 0 Å². The Labute approximate surface area is 102 Å². The standard InChI is InChI=1S/C15H18N2/c1-17-11-14(12-5-4-9-16-10-8-12)13-6-2-3-7-15(13)17/h2-3,5-7,11,16H,4,8-10H2,1H3. The summed E-state index contributed by atoms with van der Waals surface area (Å²) in [6.45, 7) is 2.20. The molecule has 1 aromatic heterocycles. The van der Waals surface area contributed by atoms with Crippen LogP contribution in [0.3, 0.4) is 0 Å². The molecule has 3 rings (SSSR count). The number of fused-ring (bicyclic) bond motifs is 1. The lowest BCUT2D eigenvalue weighted by Gasteiger charge is -2.03. The predicted octanol–water partition coefficient (Wildman–Crippen LogP) is 2.95. The third kappa shape index (κ3) is 1.89. The molecule has 0 spiro atoms. The van der Waals surface area contributed by atoms with E-state index in [1.165, 1.54) is 22.0 Å². The summed E-state index contributed by atoms with van der Waals surface area (Å²) >= 11 is 0. The molecule has 1 aliphatic rings. The van der Waals surface area contributed by atoms with E-state index in [0.717, 1.165) is 25.9 Å². The SMILES string of the molecule is Cn1cc(C2=CCCNCC2)c2ccccc21. The molecule has 0 saturated carbocycles. The van der Waals surface area contributed by atoms with Crippen molar-refractivity contribution in [1.82, 2.24) is 9.88 Å². The van der Waals surface area contributed by atoms with Crippen LogP contribution in [0.5, 0.6) is 0 Å². The monoisotopic (exact) mass is 226 g/mol. The summed E-state index contributed by atoms with van der Waals surface area (Å²) in [6.07, 6.45) is 6.93. The van der Waals surface area contributed by atoms with E-state index in [0.29, 0.717) is 0 Å². The molecule has 2 nitrogen and oxygen atoms in total. The summed E-state index contributed by atoms with van der Waals surface area (Å²) in [5.41, 5.74) is 4.22. The number of aromatic nitrogens is 1. The van der Waals surface area contributed by atoms with Gasteiger partial charge in [-0.2, -0.15) is 0 Å². The Morgan fingerprint density at radius 3 is 3.00 bits per heavy atom. The lowest BCUT2D eigenvalue weighted by atomic mass is 10.0. The lowest BCUT2D eigenvalue weighted by Crippen LogP contribution is -2.13. The molecule has 0 radical (unpaired) electrons. The van der Waals surface area contributed by atoms with Gasteiger partial charge in [0.15, 0.2) is 0 Å². The van der Waals surface area contributed by atoms with Gasteiger partial charge in [-0.1, -0.05) is 24.3 Å². The minimum atomic E-state index is 1.09. The Morgan fingerprint density at radius 2 is 2.06 bits per heavy atom. The molecule has 0 amide bonds. The van der Waals surface area contributed by atoms with Crippen LogP contribution in [-0.2, 0) is 7.05 Å². The van der Waals surface area contributed by atoms with E-state index in [4.69, 9.17) is 0 Å². The zero-order valence-electron chi connectivity index (χ0n) is 10.2. The third-order valence-electron chi connectivity index (χ3n) is 3.53. The minimum Gasteiger partial charge on any atom is -0.350 e. The summed E-state index contributed by atoms with van der Waals surface area (Å²) in [4.78, 5) is 0. The van der Waals surface area contributed by atoms with E-state index < -0.39 is 0 Å². The second kappa shape index (κ2) is 4.38.